The summed E-state index contributed by atoms with van der Waals surface area (Å²) in [5, 5.41) is 20.5. The van der Waals surface area contributed by atoms with Crippen molar-refractivity contribution in [1.82, 2.24) is 0 Å². The summed E-state index contributed by atoms with van der Waals surface area (Å²) >= 11 is 0. The van der Waals surface area contributed by atoms with Gasteiger partial charge in [-0.2, -0.15) is 0 Å². The van der Waals surface area contributed by atoms with Gasteiger partial charge >= 0.3 is 0 Å². The maximum Gasteiger partial charge on any atom is 0.121 e. The van der Waals surface area contributed by atoms with E-state index in [1.54, 1.807) is 0 Å². The minimum Gasteiger partial charge on any atom is -0.393 e. The average Bonchev–Trinajstić information content (AvgIpc) is 3.73. The highest BCUT2D eigenvalue weighted by Crippen LogP contribution is 2.67. The van der Waals surface area contributed by atoms with Crippen molar-refractivity contribution in [2.75, 3.05) is 0 Å². The van der Waals surface area contributed by atoms with Gasteiger partial charge in [-0.05, 0) is 66.5 Å². The van der Waals surface area contributed by atoms with Crippen LogP contribution in [0.2, 0.25) is 0 Å². The minimum absolute atomic E-state index is 0.0969. The van der Waals surface area contributed by atoms with E-state index in [0.29, 0.717) is 12.8 Å². The molecule has 2 N–H and O–H groups in total. The molecule has 2 saturated heterocycles. The summed E-state index contributed by atoms with van der Waals surface area (Å²) in [7, 11) is 0. The molecule has 2 aliphatic carbocycles. The van der Waals surface area contributed by atoms with Gasteiger partial charge in [0.2, 0.25) is 0 Å². The zero-order valence-corrected chi connectivity index (χ0v) is 28.8. The number of hydrogen-bond donors (Lipinski definition) is 2. The number of rotatable bonds is 10. The quantitative estimate of drug-likeness (QED) is 0.194. The maximum atomic E-state index is 10.3. The van der Waals surface area contributed by atoms with E-state index in [1.165, 1.54) is 22.3 Å². The predicted molar refractivity (Wildman–Crippen MR) is 183 cm³/mol. The number of hydrogen-bond acceptors (Lipinski definition) is 4. The molecule has 0 radical (unpaired) electrons. The molecule has 4 aliphatic rings. The average molecular weight is 601 g/mol. The number of ether oxygens (including phenoxy) is 2. The summed E-state index contributed by atoms with van der Waals surface area (Å²) < 4.78 is 12.5. The lowest BCUT2D eigenvalue weighted by molar-refractivity contribution is 0.0510. The SMILES string of the molecule is CC(/C=C/C=C(C)/C=C/C12O[C@@]1(C)C[C@H](O)CC2(C)C)=C\C=C\C=C(C)\C=C\C=C(C)\C=C\[C@@]12O[C@]1(C)C[C@@H](O)CC2(C)C. The van der Waals surface area contributed by atoms with Crippen LogP contribution in [0.1, 0.15) is 94.9 Å². The highest BCUT2D eigenvalue weighted by atomic mass is 16.6. The second kappa shape index (κ2) is 12.4. The fourth-order valence-electron chi connectivity index (χ4n) is 7.99. The largest absolute Gasteiger partial charge is 0.393 e. The maximum absolute atomic E-state index is 10.3. The molecule has 0 aromatic heterocycles. The van der Waals surface area contributed by atoms with E-state index < -0.39 is 0 Å². The summed E-state index contributed by atoms with van der Waals surface area (Å²) in [6.07, 6.45) is 32.0. The van der Waals surface area contributed by atoms with Crippen LogP contribution >= 0.6 is 0 Å². The molecule has 0 aromatic carbocycles. The van der Waals surface area contributed by atoms with E-state index in [9.17, 15) is 10.2 Å². The second-order valence-electron chi connectivity index (χ2n) is 15.4. The molecule has 0 amide bonds. The smallest absolute Gasteiger partial charge is 0.121 e. The molecule has 0 bridgehead atoms. The summed E-state index contributed by atoms with van der Waals surface area (Å²) in [6.45, 7) is 21.4. The number of aliphatic hydroxyl groups excluding tert-OH is 2. The monoisotopic (exact) mass is 600 g/mol. The van der Waals surface area contributed by atoms with Gasteiger partial charge in [0, 0.05) is 23.7 Å². The van der Waals surface area contributed by atoms with Gasteiger partial charge in [0.25, 0.3) is 0 Å². The Balaban J connectivity index is 1.25. The molecule has 4 fully saturated rings. The third-order valence-corrected chi connectivity index (χ3v) is 10.4. The third kappa shape index (κ3) is 6.84. The fraction of sp³-hybridized carbons (Fsp3) is 0.550. The molecule has 44 heavy (non-hydrogen) atoms. The van der Waals surface area contributed by atoms with Crippen molar-refractivity contribution in [2.24, 2.45) is 10.8 Å². The first-order chi connectivity index (χ1) is 20.4. The molecule has 2 saturated carbocycles. The van der Waals surface area contributed by atoms with Crippen LogP contribution in [-0.2, 0) is 9.47 Å². The van der Waals surface area contributed by atoms with Crippen LogP contribution in [0.3, 0.4) is 0 Å². The molecule has 4 nitrogen and oxygen atoms in total. The Labute approximate surface area is 267 Å². The zero-order chi connectivity index (χ0) is 32.6. The van der Waals surface area contributed by atoms with Crippen molar-refractivity contribution in [3.8, 4) is 0 Å². The van der Waals surface area contributed by atoms with E-state index in [2.05, 4.69) is 154 Å². The van der Waals surface area contributed by atoms with Crippen molar-refractivity contribution >= 4 is 0 Å². The Morgan fingerprint density at radius 3 is 1.16 bits per heavy atom. The van der Waals surface area contributed by atoms with Gasteiger partial charge < -0.3 is 19.7 Å². The predicted octanol–water partition coefficient (Wildman–Crippen LogP) is 8.97. The van der Waals surface area contributed by atoms with Gasteiger partial charge in [-0.1, -0.05) is 123 Å². The van der Waals surface area contributed by atoms with Crippen LogP contribution in [0.4, 0.5) is 0 Å². The Morgan fingerprint density at radius 1 is 0.500 bits per heavy atom. The summed E-state index contributed by atoms with van der Waals surface area (Å²) in [5.74, 6) is 0. The van der Waals surface area contributed by atoms with Gasteiger partial charge in [0.05, 0.1) is 12.2 Å². The van der Waals surface area contributed by atoms with E-state index in [1.807, 2.05) is 0 Å². The number of fused-ring (bicyclic) bond motifs is 2. The highest BCUT2D eigenvalue weighted by molar-refractivity contribution is 5.38. The Bertz CT molecular complexity index is 1270. The molecule has 0 aromatic rings. The van der Waals surface area contributed by atoms with E-state index in [0.717, 1.165) is 12.8 Å². The van der Waals surface area contributed by atoms with Crippen LogP contribution in [0, 0.1) is 10.8 Å². The summed E-state index contributed by atoms with van der Waals surface area (Å²) in [4.78, 5) is 0. The standard InChI is InChI=1S/C40H56O4/c1-29(17-13-19-31(3)21-23-39-35(5,6)25-33(41)27-37(39,9)43-39)15-11-12-16-30(2)18-14-20-32(4)22-24-40-36(7,8)26-34(42)28-38(40,10)44-40/h11-24,33-34,41-42H,25-28H2,1-10H3/b12-11+,17-13+,18-14+,23-21+,24-22+,29-15+,30-16+,31-19+,32-20+/t33-,34+,37+,38-,39-,40?/m0/s1. The summed E-state index contributed by atoms with van der Waals surface area (Å²) in [6, 6.07) is 0. The van der Waals surface area contributed by atoms with Gasteiger partial charge in [-0.15, -0.1) is 0 Å². The van der Waals surface area contributed by atoms with Crippen molar-refractivity contribution in [3.05, 3.63) is 107 Å². The first-order valence-corrected chi connectivity index (χ1v) is 16.3. The lowest BCUT2D eigenvalue weighted by atomic mass is 9.63. The molecule has 4 heteroatoms. The molecule has 2 heterocycles. The molecule has 6 atom stereocenters. The van der Waals surface area contributed by atoms with Crippen LogP contribution < -0.4 is 0 Å². The zero-order valence-electron chi connectivity index (χ0n) is 28.8. The topological polar surface area (TPSA) is 65.5 Å². The Morgan fingerprint density at radius 2 is 0.818 bits per heavy atom. The lowest BCUT2D eigenvalue weighted by Gasteiger charge is -2.39. The second-order valence-corrected chi connectivity index (χ2v) is 15.4. The van der Waals surface area contributed by atoms with E-state index >= 15 is 0 Å². The van der Waals surface area contributed by atoms with Gasteiger partial charge in [0.15, 0.2) is 0 Å². The van der Waals surface area contributed by atoms with Crippen molar-refractivity contribution in [2.45, 2.75) is 130 Å². The van der Waals surface area contributed by atoms with Gasteiger partial charge in [-0.25, -0.2) is 0 Å². The molecule has 2 aliphatic heterocycles. The normalized spacial score (nSPS) is 39.2. The van der Waals surface area contributed by atoms with E-state index in [-0.39, 0.29) is 45.4 Å². The van der Waals surface area contributed by atoms with Crippen molar-refractivity contribution in [1.29, 1.82) is 0 Å². The summed E-state index contributed by atoms with van der Waals surface area (Å²) in [5.41, 5.74) is 3.36. The van der Waals surface area contributed by atoms with Crippen LogP contribution in [0.5, 0.6) is 0 Å². The molecular formula is C40H56O4. The molecule has 1 unspecified atom stereocenters. The van der Waals surface area contributed by atoms with Crippen LogP contribution in [0.15, 0.2) is 107 Å². The first-order valence-electron chi connectivity index (χ1n) is 16.3. The molecule has 4 rings (SSSR count). The molecular weight excluding hydrogens is 544 g/mol. The highest BCUT2D eigenvalue weighted by Gasteiger charge is 2.75. The van der Waals surface area contributed by atoms with Crippen molar-refractivity contribution in [3.63, 3.8) is 0 Å². The van der Waals surface area contributed by atoms with E-state index in [4.69, 9.17) is 9.47 Å². The lowest BCUT2D eigenvalue weighted by Crippen LogP contribution is -2.46. The number of aliphatic hydroxyl groups is 2. The third-order valence-electron chi connectivity index (χ3n) is 10.4. The first kappa shape index (κ1) is 34.4. The minimum atomic E-state index is -0.294. The van der Waals surface area contributed by atoms with Gasteiger partial charge in [-0.3, -0.25) is 0 Å². The van der Waals surface area contributed by atoms with Gasteiger partial charge in [0.1, 0.15) is 22.4 Å². The van der Waals surface area contributed by atoms with Crippen LogP contribution in [-0.4, -0.2) is 44.8 Å². The Kier molecular flexibility index (Phi) is 9.66. The van der Waals surface area contributed by atoms with Crippen molar-refractivity contribution < 1.29 is 19.7 Å². The van der Waals surface area contributed by atoms with Crippen LogP contribution in [0.25, 0.3) is 0 Å². The Hall–Kier alpha value is -2.50. The molecule has 0 spiro atoms. The molecule has 240 valence electrons. The number of epoxide rings is 2. The fourth-order valence-corrected chi connectivity index (χ4v) is 7.99. The number of allylic oxidation sites excluding steroid dienone is 16.